The van der Waals surface area contributed by atoms with Gasteiger partial charge in [-0.15, -0.1) is 11.8 Å². The van der Waals surface area contributed by atoms with E-state index in [1.165, 1.54) is 0 Å². The van der Waals surface area contributed by atoms with Crippen LogP contribution in [0.4, 0.5) is 0 Å². The maximum absolute atomic E-state index is 8.63. The molecule has 2 aromatic rings. The van der Waals surface area contributed by atoms with Gasteiger partial charge in [0.25, 0.3) is 0 Å². The number of rotatable bonds is 5. The van der Waals surface area contributed by atoms with Gasteiger partial charge in [-0.25, -0.2) is 0 Å². The van der Waals surface area contributed by atoms with Crippen LogP contribution in [0.2, 0.25) is 0 Å². The topological polar surface area (TPSA) is 72.0 Å². The van der Waals surface area contributed by atoms with Gasteiger partial charge in [0.1, 0.15) is 5.69 Å². The predicted octanol–water partition coefficient (Wildman–Crippen LogP) is 1.36. The molecular weight excluding hydrogens is 226 g/mol. The second-order valence-electron chi connectivity index (χ2n) is 3.00. The highest BCUT2D eigenvalue weighted by Gasteiger charge is 2.08. The van der Waals surface area contributed by atoms with Crippen molar-refractivity contribution in [1.29, 1.82) is 0 Å². The lowest BCUT2D eigenvalue weighted by Crippen LogP contribution is -1.88. The van der Waals surface area contributed by atoms with Crippen LogP contribution in [0.5, 0.6) is 0 Å². The van der Waals surface area contributed by atoms with Gasteiger partial charge >= 0.3 is 0 Å². The van der Waals surface area contributed by atoms with Crippen LogP contribution >= 0.6 is 11.8 Å². The normalized spacial score (nSPS) is 10.6. The Labute approximate surface area is 96.9 Å². The maximum atomic E-state index is 8.63. The molecule has 0 spiro atoms. The van der Waals surface area contributed by atoms with Crippen molar-refractivity contribution in [3.63, 3.8) is 0 Å². The number of nitrogens with zero attached hydrogens (tertiary/aromatic N) is 3. The van der Waals surface area contributed by atoms with Gasteiger partial charge in [0.15, 0.2) is 0 Å². The van der Waals surface area contributed by atoms with Crippen molar-refractivity contribution in [2.75, 3.05) is 12.4 Å². The zero-order chi connectivity index (χ0) is 11.2. The number of pyridine rings is 1. The molecule has 0 aromatic carbocycles. The molecule has 0 amide bonds. The highest BCUT2D eigenvalue weighted by atomic mass is 32.2. The smallest absolute Gasteiger partial charge is 0.237 e. The van der Waals surface area contributed by atoms with Crippen molar-refractivity contribution in [1.82, 2.24) is 15.1 Å². The van der Waals surface area contributed by atoms with Crippen LogP contribution in [0.1, 0.15) is 5.89 Å². The summed E-state index contributed by atoms with van der Waals surface area (Å²) in [5.74, 6) is 2.33. The Balaban J connectivity index is 2.02. The Morgan fingerprint density at radius 1 is 1.38 bits per heavy atom. The minimum absolute atomic E-state index is 0.159. The van der Waals surface area contributed by atoms with E-state index in [0.717, 1.165) is 0 Å². The summed E-state index contributed by atoms with van der Waals surface area (Å²) in [6.45, 7) is 0.159. The molecule has 16 heavy (non-hydrogen) atoms. The summed E-state index contributed by atoms with van der Waals surface area (Å²) < 4.78 is 5.06. The fourth-order valence-corrected chi connectivity index (χ4v) is 1.70. The summed E-state index contributed by atoms with van der Waals surface area (Å²) in [6.07, 6.45) is 1.69. The molecule has 2 aromatic heterocycles. The highest BCUT2D eigenvalue weighted by molar-refractivity contribution is 7.98. The first-order valence-corrected chi connectivity index (χ1v) is 5.98. The van der Waals surface area contributed by atoms with Gasteiger partial charge in [-0.3, -0.25) is 4.98 Å². The molecule has 0 fully saturated rings. The quantitative estimate of drug-likeness (QED) is 0.791. The Morgan fingerprint density at radius 3 is 3.06 bits per heavy atom. The zero-order valence-corrected chi connectivity index (χ0v) is 9.35. The molecule has 2 heterocycles. The van der Waals surface area contributed by atoms with Crippen molar-refractivity contribution in [3.05, 3.63) is 30.3 Å². The fourth-order valence-electron chi connectivity index (χ4n) is 1.14. The van der Waals surface area contributed by atoms with E-state index in [1.54, 1.807) is 18.0 Å². The van der Waals surface area contributed by atoms with Gasteiger partial charge in [0, 0.05) is 11.9 Å². The molecule has 2 rings (SSSR count). The van der Waals surface area contributed by atoms with Crippen LogP contribution in [-0.4, -0.2) is 32.6 Å². The number of aromatic nitrogens is 3. The molecule has 84 valence electrons. The summed E-state index contributed by atoms with van der Waals surface area (Å²) in [4.78, 5) is 8.34. The van der Waals surface area contributed by atoms with E-state index in [4.69, 9.17) is 9.63 Å². The van der Waals surface area contributed by atoms with Crippen LogP contribution in [0, 0.1) is 0 Å². The molecule has 5 nitrogen and oxygen atoms in total. The van der Waals surface area contributed by atoms with E-state index in [-0.39, 0.29) is 6.61 Å². The van der Waals surface area contributed by atoms with Crippen LogP contribution in [-0.2, 0) is 5.75 Å². The average Bonchev–Trinajstić information content (AvgIpc) is 2.79. The predicted molar refractivity (Wildman–Crippen MR) is 60.8 cm³/mol. The summed E-state index contributed by atoms with van der Waals surface area (Å²) in [6, 6.07) is 5.54. The number of aliphatic hydroxyl groups excluding tert-OH is 1. The van der Waals surface area contributed by atoms with Gasteiger partial charge in [0.2, 0.25) is 11.7 Å². The van der Waals surface area contributed by atoms with Crippen LogP contribution in [0.25, 0.3) is 11.5 Å². The Hall–Kier alpha value is -1.40. The third-order valence-electron chi connectivity index (χ3n) is 1.82. The Bertz CT molecular complexity index is 433. The minimum Gasteiger partial charge on any atom is -0.396 e. The van der Waals surface area contributed by atoms with Crippen molar-refractivity contribution in [2.24, 2.45) is 0 Å². The molecule has 0 aliphatic carbocycles. The van der Waals surface area contributed by atoms with Gasteiger partial charge in [0.05, 0.1) is 12.4 Å². The average molecular weight is 237 g/mol. The van der Waals surface area contributed by atoms with Crippen LogP contribution < -0.4 is 0 Å². The number of aliphatic hydroxyl groups is 1. The molecular formula is C10H11N3O2S. The highest BCUT2D eigenvalue weighted by Crippen LogP contribution is 2.15. The molecule has 0 saturated heterocycles. The van der Waals surface area contributed by atoms with E-state index in [2.05, 4.69) is 15.1 Å². The molecule has 0 bridgehead atoms. The first-order chi connectivity index (χ1) is 7.90. The second-order valence-corrected chi connectivity index (χ2v) is 4.11. The zero-order valence-electron chi connectivity index (χ0n) is 8.54. The maximum Gasteiger partial charge on any atom is 0.237 e. The monoisotopic (exact) mass is 237 g/mol. The Morgan fingerprint density at radius 2 is 2.31 bits per heavy atom. The van der Waals surface area contributed by atoms with Gasteiger partial charge in [-0.05, 0) is 12.1 Å². The summed E-state index contributed by atoms with van der Waals surface area (Å²) in [5.41, 5.74) is 0.699. The largest absolute Gasteiger partial charge is 0.396 e. The van der Waals surface area contributed by atoms with Crippen molar-refractivity contribution < 1.29 is 9.63 Å². The SMILES string of the molecule is OCCSCc1nc(-c2ccccn2)no1. The molecule has 1 N–H and O–H groups in total. The Kier molecular flexibility index (Phi) is 3.90. The molecule has 0 unspecified atom stereocenters. The van der Waals surface area contributed by atoms with Crippen molar-refractivity contribution in [2.45, 2.75) is 5.75 Å². The van der Waals surface area contributed by atoms with E-state index >= 15 is 0 Å². The molecule has 0 aliphatic heterocycles. The van der Waals surface area contributed by atoms with E-state index in [9.17, 15) is 0 Å². The second kappa shape index (κ2) is 5.62. The van der Waals surface area contributed by atoms with E-state index in [0.29, 0.717) is 28.9 Å². The van der Waals surface area contributed by atoms with Gasteiger partial charge in [-0.2, -0.15) is 4.98 Å². The lowest BCUT2D eigenvalue weighted by Gasteiger charge is -1.92. The van der Waals surface area contributed by atoms with Crippen LogP contribution in [0.15, 0.2) is 28.9 Å². The summed E-state index contributed by atoms with van der Waals surface area (Å²) in [7, 11) is 0. The van der Waals surface area contributed by atoms with Gasteiger partial charge < -0.3 is 9.63 Å². The molecule has 0 saturated carbocycles. The van der Waals surface area contributed by atoms with Crippen LogP contribution in [0.3, 0.4) is 0 Å². The lowest BCUT2D eigenvalue weighted by molar-refractivity contribution is 0.322. The van der Waals surface area contributed by atoms with Crippen molar-refractivity contribution in [3.8, 4) is 11.5 Å². The van der Waals surface area contributed by atoms with Crippen molar-refractivity contribution >= 4 is 11.8 Å². The van der Waals surface area contributed by atoms with E-state index in [1.807, 2.05) is 18.2 Å². The summed E-state index contributed by atoms with van der Waals surface area (Å²) >= 11 is 1.55. The molecule has 0 aliphatic rings. The molecule has 0 radical (unpaired) electrons. The third-order valence-corrected chi connectivity index (χ3v) is 2.75. The van der Waals surface area contributed by atoms with Gasteiger partial charge in [-0.1, -0.05) is 11.2 Å². The number of thioether (sulfide) groups is 1. The summed E-state index contributed by atoms with van der Waals surface area (Å²) in [5, 5.41) is 12.5. The minimum atomic E-state index is 0.159. The van der Waals surface area contributed by atoms with E-state index < -0.39 is 0 Å². The molecule has 0 atom stereocenters. The third kappa shape index (κ3) is 2.80. The lowest BCUT2D eigenvalue weighted by atomic mass is 10.3. The standard InChI is InChI=1S/C10H11N3O2S/c14-5-6-16-7-9-12-10(13-15-9)8-3-1-2-4-11-8/h1-4,14H,5-7H2. The number of hydrogen-bond acceptors (Lipinski definition) is 6. The first kappa shape index (κ1) is 11.1. The first-order valence-electron chi connectivity index (χ1n) is 4.83. The fraction of sp³-hybridized carbons (Fsp3) is 0.300. The molecule has 6 heteroatoms. The number of hydrogen-bond donors (Lipinski definition) is 1.